The summed E-state index contributed by atoms with van der Waals surface area (Å²) in [6, 6.07) is 0.343. The number of fused-ring (bicyclic) bond motifs is 2. The molecule has 0 amide bonds. The predicted molar refractivity (Wildman–Crippen MR) is 93.2 cm³/mol. The molecule has 1 fully saturated rings. The van der Waals surface area contributed by atoms with E-state index in [0.717, 1.165) is 38.0 Å². The van der Waals surface area contributed by atoms with E-state index in [1.165, 1.54) is 10.6 Å². The van der Waals surface area contributed by atoms with E-state index in [0.29, 0.717) is 17.6 Å². The van der Waals surface area contributed by atoms with Gasteiger partial charge in [-0.2, -0.15) is 0 Å². The molecule has 0 bridgehead atoms. The first-order valence-electron chi connectivity index (χ1n) is 8.54. The van der Waals surface area contributed by atoms with Gasteiger partial charge in [0.1, 0.15) is 0 Å². The number of hydrogen-bond donors (Lipinski definition) is 3. The number of halogens is 1. The van der Waals surface area contributed by atoms with Gasteiger partial charge in [-0.15, -0.1) is 11.8 Å². The third kappa shape index (κ3) is 2.76. The second kappa shape index (κ2) is 6.24. The Morgan fingerprint density at radius 1 is 1.39 bits per heavy atom. The average Bonchev–Trinajstić information content (AvgIpc) is 3.05. The summed E-state index contributed by atoms with van der Waals surface area (Å²) in [4.78, 5) is 0. The van der Waals surface area contributed by atoms with E-state index in [4.69, 9.17) is 5.84 Å². The Bertz CT molecular complexity index is 585. The summed E-state index contributed by atoms with van der Waals surface area (Å²) in [6.07, 6.45) is 6.47. The van der Waals surface area contributed by atoms with Crippen LogP contribution in [0, 0.1) is 5.92 Å². The molecular weight excluding hydrogens is 311 g/mol. The van der Waals surface area contributed by atoms with Crippen molar-refractivity contribution in [3.05, 3.63) is 34.2 Å². The summed E-state index contributed by atoms with van der Waals surface area (Å²) in [7, 11) is 0. The van der Waals surface area contributed by atoms with Gasteiger partial charge in [0.25, 0.3) is 0 Å². The lowest BCUT2D eigenvalue weighted by Gasteiger charge is -2.37. The molecule has 23 heavy (non-hydrogen) atoms. The molecular formula is C17H25FN4S. The van der Waals surface area contributed by atoms with Crippen molar-refractivity contribution in [1.29, 1.82) is 0 Å². The second-order valence-corrected chi connectivity index (χ2v) is 8.24. The fraction of sp³-hybridized carbons (Fsp3) is 0.647. The average molecular weight is 336 g/mol. The zero-order chi connectivity index (χ0) is 16.0. The van der Waals surface area contributed by atoms with Crippen LogP contribution in [0.15, 0.2) is 34.2 Å². The van der Waals surface area contributed by atoms with E-state index >= 15 is 0 Å². The van der Waals surface area contributed by atoms with Crippen LogP contribution in [-0.4, -0.2) is 42.0 Å². The van der Waals surface area contributed by atoms with E-state index < -0.39 is 0 Å². The molecule has 0 spiro atoms. The zero-order valence-electron chi connectivity index (χ0n) is 13.5. The molecule has 4 atom stereocenters. The van der Waals surface area contributed by atoms with E-state index in [9.17, 15) is 4.39 Å². The molecule has 4 nitrogen and oxygen atoms in total. The van der Waals surface area contributed by atoms with Crippen molar-refractivity contribution in [3.8, 4) is 0 Å². The summed E-state index contributed by atoms with van der Waals surface area (Å²) in [5.74, 6) is 7.20. The van der Waals surface area contributed by atoms with Gasteiger partial charge in [0, 0.05) is 43.3 Å². The van der Waals surface area contributed by atoms with Crippen molar-refractivity contribution in [2.24, 2.45) is 11.8 Å². The number of thioether (sulfide) groups is 1. The smallest absolute Gasteiger partial charge is 0.0989 e. The molecule has 126 valence electrons. The van der Waals surface area contributed by atoms with Crippen molar-refractivity contribution < 1.29 is 4.39 Å². The van der Waals surface area contributed by atoms with E-state index in [-0.39, 0.29) is 17.9 Å². The largest absolute Gasteiger partial charge is 0.376 e. The van der Waals surface area contributed by atoms with Crippen LogP contribution in [0.3, 0.4) is 0 Å². The van der Waals surface area contributed by atoms with E-state index in [1.54, 1.807) is 0 Å². The molecule has 0 saturated carbocycles. The van der Waals surface area contributed by atoms with Crippen LogP contribution in [0.4, 0.5) is 4.39 Å². The number of nitrogens with two attached hydrogens (primary N) is 1. The summed E-state index contributed by atoms with van der Waals surface area (Å²) < 4.78 is 13.7. The van der Waals surface area contributed by atoms with Crippen LogP contribution in [0.1, 0.15) is 26.2 Å². The van der Waals surface area contributed by atoms with Crippen molar-refractivity contribution in [1.82, 2.24) is 15.6 Å². The lowest BCUT2D eigenvalue weighted by atomic mass is 9.88. The van der Waals surface area contributed by atoms with Crippen LogP contribution in [-0.2, 0) is 0 Å². The van der Waals surface area contributed by atoms with Crippen LogP contribution < -0.4 is 16.5 Å². The third-order valence-corrected chi connectivity index (χ3v) is 6.97. The van der Waals surface area contributed by atoms with Gasteiger partial charge in [-0.1, -0.05) is 12.2 Å². The molecule has 1 aliphatic carbocycles. The minimum absolute atomic E-state index is 0.0594. The van der Waals surface area contributed by atoms with Crippen molar-refractivity contribution in [2.75, 3.05) is 19.6 Å². The number of allylic oxidation sites excluding steroid dienone is 1. The summed E-state index contributed by atoms with van der Waals surface area (Å²) >= 11 is 1.96. The summed E-state index contributed by atoms with van der Waals surface area (Å²) in [5.41, 5.74) is 2.30. The zero-order valence-corrected chi connectivity index (χ0v) is 14.3. The predicted octanol–water partition coefficient (Wildman–Crippen LogP) is 2.03. The Morgan fingerprint density at radius 3 is 3.09 bits per heavy atom. The first kappa shape index (κ1) is 15.7. The number of hydrogen-bond acceptors (Lipinski definition) is 5. The van der Waals surface area contributed by atoms with Gasteiger partial charge >= 0.3 is 0 Å². The van der Waals surface area contributed by atoms with E-state index in [2.05, 4.69) is 22.8 Å². The molecule has 3 heterocycles. The molecule has 0 aromatic carbocycles. The SMILES string of the molecule is CC1=C(F)CCC(N(N)C2C=CCNC3=C2C2CNCC2S3)C1. The summed E-state index contributed by atoms with van der Waals surface area (Å²) in [5, 5.41) is 11.0. The van der Waals surface area contributed by atoms with Gasteiger partial charge in [0.15, 0.2) is 0 Å². The lowest BCUT2D eigenvalue weighted by Crippen LogP contribution is -2.50. The van der Waals surface area contributed by atoms with Crippen molar-refractivity contribution in [3.63, 3.8) is 0 Å². The second-order valence-electron chi connectivity index (χ2n) is 6.99. The molecule has 0 radical (unpaired) electrons. The van der Waals surface area contributed by atoms with Gasteiger partial charge in [-0.25, -0.2) is 9.40 Å². The molecule has 3 aliphatic heterocycles. The minimum Gasteiger partial charge on any atom is -0.376 e. The van der Waals surface area contributed by atoms with Crippen LogP contribution in [0.25, 0.3) is 0 Å². The number of rotatable bonds is 2. The van der Waals surface area contributed by atoms with Crippen molar-refractivity contribution >= 4 is 11.8 Å². The first-order chi connectivity index (χ1) is 11.1. The fourth-order valence-corrected chi connectivity index (χ4v) is 5.73. The van der Waals surface area contributed by atoms with Gasteiger partial charge < -0.3 is 10.6 Å². The number of nitrogens with zero attached hydrogens (tertiary/aromatic N) is 1. The fourth-order valence-electron chi connectivity index (χ4n) is 4.24. The van der Waals surface area contributed by atoms with Gasteiger partial charge in [-0.3, -0.25) is 5.84 Å². The Morgan fingerprint density at radius 2 is 2.26 bits per heavy atom. The van der Waals surface area contributed by atoms with Gasteiger partial charge in [0.2, 0.25) is 0 Å². The topological polar surface area (TPSA) is 53.3 Å². The molecule has 4 N–H and O–H groups in total. The lowest BCUT2D eigenvalue weighted by molar-refractivity contribution is 0.155. The highest BCUT2D eigenvalue weighted by atomic mass is 32.2. The molecule has 0 aromatic heterocycles. The number of hydrazine groups is 1. The van der Waals surface area contributed by atoms with Crippen molar-refractivity contribution in [2.45, 2.75) is 43.5 Å². The van der Waals surface area contributed by atoms with Crippen LogP contribution in [0.2, 0.25) is 0 Å². The molecule has 4 rings (SSSR count). The molecule has 6 heteroatoms. The molecule has 1 saturated heterocycles. The highest BCUT2D eigenvalue weighted by Gasteiger charge is 2.44. The highest BCUT2D eigenvalue weighted by Crippen LogP contribution is 2.46. The van der Waals surface area contributed by atoms with Crippen LogP contribution >= 0.6 is 11.8 Å². The van der Waals surface area contributed by atoms with Gasteiger partial charge in [0.05, 0.1) is 16.9 Å². The van der Waals surface area contributed by atoms with Crippen LogP contribution in [0.5, 0.6) is 0 Å². The quantitative estimate of drug-likeness (QED) is 0.409. The normalized spacial score (nSPS) is 37.0. The Balaban J connectivity index is 1.60. The maximum atomic E-state index is 13.7. The minimum atomic E-state index is 0.0594. The molecule has 4 aliphatic rings. The van der Waals surface area contributed by atoms with Gasteiger partial charge in [-0.05, 0) is 30.9 Å². The summed E-state index contributed by atoms with van der Waals surface area (Å²) in [6.45, 7) is 4.87. The molecule has 4 unspecified atom stereocenters. The third-order valence-electron chi connectivity index (χ3n) is 5.55. The monoisotopic (exact) mass is 336 g/mol. The Hall–Kier alpha value is -0.820. The number of nitrogens with one attached hydrogen (secondary N) is 2. The highest BCUT2D eigenvalue weighted by molar-refractivity contribution is 8.04. The Kier molecular flexibility index (Phi) is 4.26. The molecule has 0 aromatic rings. The maximum Gasteiger partial charge on any atom is 0.0989 e. The maximum absolute atomic E-state index is 13.7. The first-order valence-corrected chi connectivity index (χ1v) is 9.42. The van der Waals surface area contributed by atoms with E-state index in [1.807, 2.05) is 23.7 Å². The standard InChI is InChI=1S/C17H25FN4S/c1-10-7-11(4-5-13(10)18)22(19)14-3-2-6-21-17-16(14)12-8-20-9-15(12)23-17/h2-3,11-12,14-15,20-21H,4-9,19H2,1H3. The Labute approximate surface area is 141 Å².